The van der Waals surface area contributed by atoms with Crippen LogP contribution in [0.5, 0.6) is 5.75 Å². The van der Waals surface area contributed by atoms with E-state index in [1.165, 1.54) is 6.42 Å². The zero-order valence-corrected chi connectivity index (χ0v) is 23.5. The van der Waals surface area contributed by atoms with Crippen LogP contribution in [-0.4, -0.2) is 98.4 Å². The summed E-state index contributed by atoms with van der Waals surface area (Å²) in [7, 11) is 2.17. The van der Waals surface area contributed by atoms with Crippen molar-refractivity contribution >= 4 is 45.1 Å². The molecule has 3 N–H and O–H groups in total. The first-order valence-corrected chi connectivity index (χ1v) is 14.3. The Kier molecular flexibility index (Phi) is 7.80. The van der Waals surface area contributed by atoms with Crippen LogP contribution in [0.4, 0.5) is 5.69 Å². The molecule has 2 aliphatic heterocycles. The lowest BCUT2D eigenvalue weighted by Crippen LogP contribution is -2.36. The molecule has 4 aromatic rings. The molecule has 0 unspecified atom stereocenters. The van der Waals surface area contributed by atoms with Crippen molar-refractivity contribution in [2.24, 2.45) is 5.73 Å². The van der Waals surface area contributed by atoms with Crippen LogP contribution < -0.4 is 15.4 Å². The molecule has 0 radical (unpaired) electrons. The number of carbonyl (C=O) groups is 1. The number of nitrogens with two attached hydrogens (primary N) is 1. The van der Waals surface area contributed by atoms with Gasteiger partial charge in [0.1, 0.15) is 12.4 Å². The van der Waals surface area contributed by atoms with E-state index in [0.29, 0.717) is 52.9 Å². The number of fused-ring (bicyclic) bond motifs is 3. The number of halogens is 1. The number of nitrogens with one attached hydrogen (secondary N) is 1. The van der Waals surface area contributed by atoms with Gasteiger partial charge in [0.15, 0.2) is 0 Å². The van der Waals surface area contributed by atoms with E-state index in [9.17, 15) is 4.79 Å². The van der Waals surface area contributed by atoms with Gasteiger partial charge in [-0.2, -0.15) is 0 Å². The molecular weight excluding hydrogens is 528 g/mol. The van der Waals surface area contributed by atoms with E-state index in [-0.39, 0.29) is 0 Å². The molecule has 2 aromatic heterocycles. The van der Waals surface area contributed by atoms with E-state index in [1.807, 2.05) is 24.3 Å². The van der Waals surface area contributed by atoms with Crippen molar-refractivity contribution in [1.82, 2.24) is 19.8 Å². The van der Waals surface area contributed by atoms with Crippen LogP contribution in [-0.2, 0) is 4.74 Å². The molecule has 9 nitrogen and oxygen atoms in total. The van der Waals surface area contributed by atoms with Crippen LogP contribution in [0.3, 0.4) is 0 Å². The highest BCUT2D eigenvalue weighted by Crippen LogP contribution is 2.34. The lowest BCUT2D eigenvalue weighted by molar-refractivity contribution is 0.100. The van der Waals surface area contributed by atoms with Gasteiger partial charge in [-0.1, -0.05) is 11.6 Å². The molecule has 2 aromatic carbocycles. The SMILES string of the molecule is CN1CCCN(CCOc2ccc(-c3cc(C(N)=O)c4[nH]c5cc(N6CCOCC6)ccc5c4n3)cc2Cl)CC1. The summed E-state index contributed by atoms with van der Waals surface area (Å²) in [6.07, 6.45) is 1.17. The lowest BCUT2D eigenvalue weighted by Gasteiger charge is -2.28. The number of morpholine rings is 1. The number of hydrogen-bond acceptors (Lipinski definition) is 7. The molecule has 4 heterocycles. The Hall–Kier alpha value is -3.37. The predicted octanol–water partition coefficient (Wildman–Crippen LogP) is 3.99. The Morgan fingerprint density at radius 1 is 1.07 bits per heavy atom. The fraction of sp³-hybridized carbons (Fsp3) is 0.400. The number of pyridine rings is 1. The molecule has 0 aliphatic carbocycles. The average Bonchev–Trinajstić information content (AvgIpc) is 3.20. The number of likely N-dealkylation sites (N-methyl/N-ethyl adjacent to an activating group) is 1. The normalized spacial score (nSPS) is 17.4. The first kappa shape index (κ1) is 26.8. The number of primary amides is 1. The molecule has 6 rings (SSSR count). The molecule has 210 valence electrons. The Bertz CT molecular complexity index is 1530. The summed E-state index contributed by atoms with van der Waals surface area (Å²) in [5, 5.41) is 1.44. The van der Waals surface area contributed by atoms with Crippen molar-refractivity contribution in [2.75, 3.05) is 77.6 Å². The summed E-state index contributed by atoms with van der Waals surface area (Å²) in [4.78, 5) is 27.9. The van der Waals surface area contributed by atoms with E-state index in [1.54, 1.807) is 6.07 Å². The predicted molar refractivity (Wildman–Crippen MR) is 160 cm³/mol. The minimum atomic E-state index is -0.514. The van der Waals surface area contributed by atoms with Crippen LogP contribution in [0.25, 0.3) is 33.2 Å². The van der Waals surface area contributed by atoms with Gasteiger partial charge in [0.25, 0.3) is 5.91 Å². The summed E-state index contributed by atoms with van der Waals surface area (Å²) in [6, 6.07) is 13.6. The summed E-state index contributed by atoms with van der Waals surface area (Å²) >= 11 is 6.65. The Balaban J connectivity index is 1.25. The third-order valence-corrected chi connectivity index (χ3v) is 8.18. The number of anilines is 1. The van der Waals surface area contributed by atoms with Crippen LogP contribution in [0, 0.1) is 0 Å². The molecule has 10 heteroatoms. The number of nitrogens with zero attached hydrogens (tertiary/aromatic N) is 4. The summed E-state index contributed by atoms with van der Waals surface area (Å²) in [5.74, 6) is 0.121. The highest BCUT2D eigenvalue weighted by molar-refractivity contribution is 6.32. The van der Waals surface area contributed by atoms with Crippen molar-refractivity contribution < 1.29 is 14.3 Å². The molecule has 0 atom stereocenters. The van der Waals surface area contributed by atoms with Crippen molar-refractivity contribution in [3.05, 3.63) is 53.1 Å². The maximum Gasteiger partial charge on any atom is 0.250 e. The molecule has 1 amide bonds. The molecule has 2 aliphatic rings. The van der Waals surface area contributed by atoms with Gasteiger partial charge in [-0.15, -0.1) is 0 Å². The quantitative estimate of drug-likeness (QED) is 0.351. The second-order valence-electron chi connectivity index (χ2n) is 10.6. The molecule has 0 spiro atoms. The third-order valence-electron chi connectivity index (χ3n) is 7.88. The molecule has 2 fully saturated rings. The number of aromatic nitrogens is 2. The number of amides is 1. The first-order chi connectivity index (χ1) is 19.5. The van der Waals surface area contributed by atoms with Crippen molar-refractivity contribution in [3.8, 4) is 17.0 Å². The van der Waals surface area contributed by atoms with Crippen LogP contribution in [0.15, 0.2) is 42.5 Å². The number of ether oxygens (including phenoxy) is 2. The van der Waals surface area contributed by atoms with Gasteiger partial charge in [0, 0.05) is 49.4 Å². The number of rotatable bonds is 7. The lowest BCUT2D eigenvalue weighted by atomic mass is 10.1. The zero-order valence-electron chi connectivity index (χ0n) is 22.8. The monoisotopic (exact) mass is 562 g/mol. The van der Waals surface area contributed by atoms with Crippen molar-refractivity contribution in [2.45, 2.75) is 6.42 Å². The minimum absolute atomic E-state index is 0.392. The number of benzene rings is 2. The van der Waals surface area contributed by atoms with Gasteiger partial charge < -0.3 is 30.0 Å². The van der Waals surface area contributed by atoms with E-state index < -0.39 is 5.91 Å². The second kappa shape index (κ2) is 11.6. The summed E-state index contributed by atoms with van der Waals surface area (Å²) < 4.78 is 11.5. The van der Waals surface area contributed by atoms with Crippen molar-refractivity contribution in [1.29, 1.82) is 0 Å². The fourth-order valence-electron chi connectivity index (χ4n) is 5.59. The third kappa shape index (κ3) is 5.60. The molecule has 0 saturated carbocycles. The van der Waals surface area contributed by atoms with Gasteiger partial charge in [-0.05, 0) is 69.0 Å². The van der Waals surface area contributed by atoms with E-state index in [4.69, 9.17) is 31.8 Å². The van der Waals surface area contributed by atoms with Crippen LogP contribution in [0.2, 0.25) is 5.02 Å². The zero-order chi connectivity index (χ0) is 27.6. The number of H-pyrrole nitrogens is 1. The average molecular weight is 563 g/mol. The Morgan fingerprint density at radius 2 is 1.93 bits per heavy atom. The van der Waals surface area contributed by atoms with E-state index >= 15 is 0 Å². The number of aromatic amines is 1. The number of carbonyl (C=O) groups excluding carboxylic acids is 1. The van der Waals surface area contributed by atoms with E-state index in [2.05, 4.69) is 38.9 Å². The second-order valence-corrected chi connectivity index (χ2v) is 11.0. The maximum atomic E-state index is 12.5. The van der Waals surface area contributed by atoms with Gasteiger partial charge in [-0.3, -0.25) is 9.69 Å². The first-order valence-electron chi connectivity index (χ1n) is 13.9. The highest BCUT2D eigenvalue weighted by atomic mass is 35.5. The van der Waals surface area contributed by atoms with Crippen molar-refractivity contribution in [3.63, 3.8) is 0 Å². The summed E-state index contributed by atoms with van der Waals surface area (Å²) in [6.45, 7) is 8.88. The van der Waals surface area contributed by atoms with Gasteiger partial charge in [0.05, 0.1) is 46.0 Å². The van der Waals surface area contributed by atoms with Gasteiger partial charge in [-0.25, -0.2) is 4.98 Å². The molecular formula is C30H35ClN6O3. The fourth-order valence-corrected chi connectivity index (χ4v) is 5.82. The molecule has 2 saturated heterocycles. The number of hydrogen-bond donors (Lipinski definition) is 2. The van der Waals surface area contributed by atoms with E-state index in [0.717, 1.165) is 68.0 Å². The molecule has 40 heavy (non-hydrogen) atoms. The van der Waals surface area contributed by atoms with Crippen LogP contribution >= 0.6 is 11.6 Å². The summed E-state index contributed by atoms with van der Waals surface area (Å²) in [5.41, 5.74) is 11.0. The Morgan fingerprint density at radius 3 is 2.73 bits per heavy atom. The highest BCUT2D eigenvalue weighted by Gasteiger charge is 2.19. The Labute approximate surface area is 238 Å². The smallest absolute Gasteiger partial charge is 0.250 e. The van der Waals surface area contributed by atoms with Gasteiger partial charge >= 0.3 is 0 Å². The standard InChI is InChI=1S/C30H35ClN6O3/c1-35-7-2-8-36(10-9-35)11-16-40-27-6-3-20(17-24(27)31)25-19-23(30(32)38)29-28(33-25)22-5-4-21(18-26(22)34-29)37-12-14-39-15-13-37/h3-6,17-19,34H,2,7-16H2,1H3,(H2,32,38). The largest absolute Gasteiger partial charge is 0.491 e. The molecule has 0 bridgehead atoms. The van der Waals surface area contributed by atoms with Gasteiger partial charge in [0.2, 0.25) is 0 Å². The minimum Gasteiger partial charge on any atom is -0.491 e. The van der Waals surface area contributed by atoms with Crippen LogP contribution in [0.1, 0.15) is 16.8 Å². The maximum absolute atomic E-state index is 12.5. The topological polar surface area (TPSA) is 100.0 Å².